The van der Waals surface area contributed by atoms with Gasteiger partial charge in [0, 0.05) is 15.4 Å². The highest BCUT2D eigenvalue weighted by Gasteiger charge is 2.30. The standard InChI is InChI=1S/C26H26N4OS3/c1-26(2)13-18-19(14-33-26)34-24-21(18)23(27)29-25(30-24)32-15-20(31)28-22(16-9-5-3-6-10-16)17-11-7-4-8-12-17/h3-12,22H,13-15H2,1-2H3,(H,28,31)(H2,27,29,30). The molecule has 5 nitrogen and oxygen atoms in total. The number of hydrogen-bond donors (Lipinski definition) is 2. The number of nitrogens with one attached hydrogen (secondary N) is 1. The number of aromatic nitrogens is 2. The molecule has 0 unspecified atom stereocenters. The van der Waals surface area contributed by atoms with Crippen LogP contribution in [0.15, 0.2) is 65.8 Å². The SMILES string of the molecule is CC1(C)Cc2c(sc3nc(SCC(=O)NC(c4ccccc4)c4ccccc4)nc(N)c23)CS1. The number of fused-ring (bicyclic) bond motifs is 3. The minimum Gasteiger partial charge on any atom is -0.383 e. The second-order valence-corrected chi connectivity index (χ2v) is 12.6. The largest absolute Gasteiger partial charge is 0.383 e. The normalized spacial score (nSPS) is 14.8. The van der Waals surface area contributed by atoms with E-state index in [1.54, 1.807) is 11.3 Å². The van der Waals surface area contributed by atoms with Crippen molar-refractivity contribution in [2.24, 2.45) is 0 Å². The first-order valence-corrected chi connectivity index (χ1v) is 13.9. The second kappa shape index (κ2) is 9.60. The van der Waals surface area contributed by atoms with Gasteiger partial charge in [0.2, 0.25) is 5.91 Å². The van der Waals surface area contributed by atoms with Crippen LogP contribution >= 0.6 is 34.9 Å². The zero-order chi connectivity index (χ0) is 23.7. The van der Waals surface area contributed by atoms with Crippen molar-refractivity contribution in [3.05, 3.63) is 82.2 Å². The highest BCUT2D eigenvalue weighted by atomic mass is 32.2. The molecule has 0 atom stereocenters. The van der Waals surface area contributed by atoms with Gasteiger partial charge in [0.25, 0.3) is 0 Å². The fourth-order valence-corrected chi connectivity index (χ4v) is 7.27. The van der Waals surface area contributed by atoms with Crippen molar-refractivity contribution in [3.63, 3.8) is 0 Å². The number of nitrogens with zero attached hydrogens (tertiary/aromatic N) is 2. The number of hydrogen-bond acceptors (Lipinski definition) is 7. The first kappa shape index (κ1) is 23.2. The van der Waals surface area contributed by atoms with Crippen LogP contribution < -0.4 is 11.1 Å². The Balaban J connectivity index is 1.32. The van der Waals surface area contributed by atoms with Gasteiger partial charge in [-0.1, -0.05) is 86.3 Å². The van der Waals surface area contributed by atoms with Gasteiger partial charge in [0.1, 0.15) is 10.6 Å². The summed E-state index contributed by atoms with van der Waals surface area (Å²) in [6.07, 6.45) is 0.968. The van der Waals surface area contributed by atoms with Gasteiger partial charge in [-0.2, -0.15) is 0 Å². The van der Waals surface area contributed by atoms with Crippen molar-refractivity contribution in [3.8, 4) is 0 Å². The quantitative estimate of drug-likeness (QED) is 0.253. The number of thioether (sulfide) groups is 2. The van der Waals surface area contributed by atoms with Gasteiger partial charge in [-0.3, -0.25) is 4.79 Å². The van der Waals surface area contributed by atoms with E-state index in [9.17, 15) is 4.79 Å². The van der Waals surface area contributed by atoms with Gasteiger partial charge < -0.3 is 11.1 Å². The molecule has 0 saturated heterocycles. The van der Waals surface area contributed by atoms with Crippen LogP contribution in [0.1, 0.15) is 41.5 Å². The van der Waals surface area contributed by atoms with Gasteiger partial charge in [0.05, 0.1) is 17.2 Å². The van der Waals surface area contributed by atoms with Crippen molar-refractivity contribution >= 4 is 56.8 Å². The maximum absolute atomic E-state index is 12.9. The van der Waals surface area contributed by atoms with E-state index < -0.39 is 0 Å². The third-order valence-electron chi connectivity index (χ3n) is 5.84. The number of nitrogens with two attached hydrogens (primary N) is 1. The van der Waals surface area contributed by atoms with E-state index in [4.69, 9.17) is 10.7 Å². The molecule has 3 N–H and O–H groups in total. The highest BCUT2D eigenvalue weighted by Crippen LogP contribution is 2.46. The molecule has 0 fully saturated rings. The topological polar surface area (TPSA) is 80.9 Å². The van der Waals surface area contributed by atoms with Crippen LogP contribution in [0.4, 0.5) is 5.82 Å². The number of nitrogen functional groups attached to an aromatic ring is 1. The number of carbonyl (C=O) groups excluding carboxylic acids is 1. The lowest BCUT2D eigenvalue weighted by molar-refractivity contribution is -0.119. The predicted molar refractivity (Wildman–Crippen MR) is 144 cm³/mol. The number of benzene rings is 2. The average molecular weight is 507 g/mol. The lowest BCUT2D eigenvalue weighted by atomic mass is 9.99. The van der Waals surface area contributed by atoms with E-state index in [1.807, 2.05) is 72.4 Å². The Morgan fingerprint density at radius 1 is 1.09 bits per heavy atom. The number of amides is 1. The van der Waals surface area contributed by atoms with Crippen LogP contribution in [-0.4, -0.2) is 26.4 Å². The van der Waals surface area contributed by atoms with E-state index in [0.29, 0.717) is 11.0 Å². The fraction of sp³-hybridized carbons (Fsp3) is 0.269. The van der Waals surface area contributed by atoms with E-state index in [0.717, 1.165) is 33.5 Å². The molecule has 4 aromatic rings. The zero-order valence-corrected chi connectivity index (χ0v) is 21.5. The van der Waals surface area contributed by atoms with Gasteiger partial charge in [-0.05, 0) is 23.1 Å². The molecule has 5 rings (SSSR count). The molecule has 0 bridgehead atoms. The Hall–Kier alpha value is -2.55. The van der Waals surface area contributed by atoms with Gasteiger partial charge in [-0.25, -0.2) is 9.97 Å². The maximum Gasteiger partial charge on any atom is 0.231 e. The van der Waals surface area contributed by atoms with Crippen LogP contribution in [0, 0.1) is 0 Å². The maximum atomic E-state index is 12.9. The first-order chi connectivity index (χ1) is 16.4. The minimum atomic E-state index is -0.214. The van der Waals surface area contributed by atoms with Crippen molar-refractivity contribution in [1.82, 2.24) is 15.3 Å². The molecule has 3 heterocycles. The lowest BCUT2D eigenvalue weighted by Crippen LogP contribution is -2.30. The first-order valence-electron chi connectivity index (χ1n) is 11.1. The molecule has 1 aliphatic rings. The molecule has 0 saturated carbocycles. The van der Waals surface area contributed by atoms with Crippen molar-refractivity contribution in [1.29, 1.82) is 0 Å². The lowest BCUT2D eigenvalue weighted by Gasteiger charge is -2.28. The summed E-state index contributed by atoms with van der Waals surface area (Å²) < 4.78 is 0.188. The summed E-state index contributed by atoms with van der Waals surface area (Å²) in [6, 6.07) is 19.8. The van der Waals surface area contributed by atoms with Crippen molar-refractivity contribution < 1.29 is 4.79 Å². The van der Waals surface area contributed by atoms with E-state index in [2.05, 4.69) is 24.1 Å². The molecule has 1 amide bonds. The van der Waals surface area contributed by atoms with E-state index >= 15 is 0 Å². The summed E-state index contributed by atoms with van der Waals surface area (Å²) in [6.45, 7) is 4.53. The van der Waals surface area contributed by atoms with Crippen LogP contribution in [-0.2, 0) is 17.0 Å². The molecule has 34 heavy (non-hydrogen) atoms. The molecular formula is C26H26N4OS3. The summed E-state index contributed by atoms with van der Waals surface area (Å²) >= 11 is 4.99. The number of rotatable bonds is 6. The number of thiophene rings is 1. The Kier molecular flexibility index (Phi) is 6.55. The predicted octanol–water partition coefficient (Wildman–Crippen LogP) is 5.84. The summed E-state index contributed by atoms with van der Waals surface area (Å²) in [5, 5.41) is 4.71. The van der Waals surface area contributed by atoms with Gasteiger partial charge in [0.15, 0.2) is 5.16 Å². The van der Waals surface area contributed by atoms with Gasteiger partial charge in [-0.15, -0.1) is 23.1 Å². The minimum absolute atomic E-state index is 0.0754. The molecular weight excluding hydrogens is 481 g/mol. The number of anilines is 1. The van der Waals surface area contributed by atoms with Crippen LogP contribution in [0.25, 0.3) is 10.2 Å². The van der Waals surface area contributed by atoms with Crippen LogP contribution in [0.3, 0.4) is 0 Å². The molecule has 2 aromatic carbocycles. The third-order valence-corrected chi connectivity index (χ3v) is 9.36. The molecule has 174 valence electrons. The highest BCUT2D eigenvalue weighted by molar-refractivity contribution is 8.00. The Morgan fingerprint density at radius 3 is 2.38 bits per heavy atom. The summed E-state index contributed by atoms with van der Waals surface area (Å²) in [4.78, 5) is 24.5. The summed E-state index contributed by atoms with van der Waals surface area (Å²) in [7, 11) is 0. The Labute approximate surface area is 212 Å². The van der Waals surface area contributed by atoms with E-state index in [1.165, 1.54) is 22.2 Å². The Morgan fingerprint density at radius 2 is 1.74 bits per heavy atom. The van der Waals surface area contributed by atoms with E-state index in [-0.39, 0.29) is 22.4 Å². The van der Waals surface area contributed by atoms with Crippen molar-refractivity contribution in [2.75, 3.05) is 11.5 Å². The van der Waals surface area contributed by atoms with Gasteiger partial charge >= 0.3 is 0 Å². The zero-order valence-electron chi connectivity index (χ0n) is 19.1. The second-order valence-electron chi connectivity index (χ2n) is 8.91. The smallest absolute Gasteiger partial charge is 0.231 e. The molecule has 0 spiro atoms. The van der Waals surface area contributed by atoms with Crippen molar-refractivity contribution in [2.45, 2.75) is 42.0 Å². The molecule has 1 aliphatic heterocycles. The van der Waals surface area contributed by atoms with Crippen LogP contribution in [0.2, 0.25) is 0 Å². The molecule has 0 radical (unpaired) electrons. The summed E-state index contributed by atoms with van der Waals surface area (Å²) in [5.41, 5.74) is 9.76. The Bertz CT molecular complexity index is 1280. The molecule has 2 aromatic heterocycles. The fourth-order valence-electron chi connectivity index (χ4n) is 4.20. The number of carbonyl (C=O) groups is 1. The monoisotopic (exact) mass is 506 g/mol. The van der Waals surface area contributed by atoms with Crippen LogP contribution in [0.5, 0.6) is 0 Å². The summed E-state index contributed by atoms with van der Waals surface area (Å²) in [5.74, 6) is 1.64. The molecule has 8 heteroatoms. The molecule has 0 aliphatic carbocycles. The average Bonchev–Trinajstić information content (AvgIpc) is 3.19. The third kappa shape index (κ3) is 4.94.